The molecule has 0 radical (unpaired) electrons. The fourth-order valence-electron chi connectivity index (χ4n) is 1.09. The molecule has 0 saturated carbocycles. The van der Waals surface area contributed by atoms with Gasteiger partial charge in [0.15, 0.2) is 5.82 Å². The Hall–Kier alpha value is -2.22. The molecule has 0 aliphatic heterocycles. The van der Waals surface area contributed by atoms with Gasteiger partial charge in [-0.1, -0.05) is 0 Å². The summed E-state index contributed by atoms with van der Waals surface area (Å²) in [6.07, 6.45) is 2.62. The molecule has 2 heterocycles. The molecule has 17 heavy (non-hydrogen) atoms. The molecule has 88 valence electrons. The van der Waals surface area contributed by atoms with Crippen molar-refractivity contribution >= 4 is 23.3 Å². The minimum Gasteiger partial charge on any atom is -0.463 e. The van der Waals surface area contributed by atoms with E-state index in [1.54, 1.807) is 0 Å². The van der Waals surface area contributed by atoms with Gasteiger partial charge in [0, 0.05) is 0 Å². The van der Waals surface area contributed by atoms with Crippen molar-refractivity contribution in [2.45, 2.75) is 0 Å². The molecule has 0 fully saturated rings. The Morgan fingerprint density at radius 2 is 2.29 bits per heavy atom. The number of hydrogen-bond acceptors (Lipinski definition) is 7. The molecule has 2 N–H and O–H groups in total. The molecule has 0 amide bonds. The van der Waals surface area contributed by atoms with Crippen molar-refractivity contribution in [1.82, 2.24) is 24.7 Å². The van der Waals surface area contributed by atoms with Crippen molar-refractivity contribution in [2.75, 3.05) is 12.8 Å². The van der Waals surface area contributed by atoms with Gasteiger partial charge in [0.05, 0.1) is 19.0 Å². The van der Waals surface area contributed by atoms with Crippen LogP contribution in [0.25, 0.3) is 5.82 Å². The molecule has 0 spiro atoms. The highest BCUT2D eigenvalue weighted by molar-refractivity contribution is 6.28. The van der Waals surface area contributed by atoms with E-state index in [-0.39, 0.29) is 22.6 Å². The first-order chi connectivity index (χ1) is 8.11. The van der Waals surface area contributed by atoms with Crippen LogP contribution in [0.3, 0.4) is 0 Å². The highest BCUT2D eigenvalue weighted by atomic mass is 35.5. The molecule has 8 nitrogen and oxygen atoms in total. The first-order valence-electron chi connectivity index (χ1n) is 4.40. The number of nitrogens with zero attached hydrogens (tertiary/aromatic N) is 5. The summed E-state index contributed by atoms with van der Waals surface area (Å²) >= 11 is 5.63. The second-order valence-electron chi connectivity index (χ2n) is 2.92. The molecular weight excluding hydrogens is 248 g/mol. The lowest BCUT2D eigenvalue weighted by Gasteiger charge is -2.02. The zero-order valence-electron chi connectivity index (χ0n) is 8.66. The van der Waals surface area contributed by atoms with Crippen molar-refractivity contribution in [1.29, 1.82) is 0 Å². The number of rotatable bonds is 2. The van der Waals surface area contributed by atoms with E-state index < -0.39 is 5.97 Å². The van der Waals surface area contributed by atoms with E-state index in [4.69, 9.17) is 17.3 Å². The van der Waals surface area contributed by atoms with Gasteiger partial charge in [-0.05, 0) is 11.6 Å². The first-order valence-corrected chi connectivity index (χ1v) is 4.78. The Kier molecular flexibility index (Phi) is 2.88. The minimum absolute atomic E-state index is 0.0179. The number of carbonyl (C=O) groups excluding carboxylic acids is 1. The van der Waals surface area contributed by atoms with Crippen LogP contribution < -0.4 is 5.73 Å². The second kappa shape index (κ2) is 4.34. The molecule has 2 aromatic heterocycles. The average Bonchev–Trinajstić information content (AvgIpc) is 2.80. The van der Waals surface area contributed by atoms with E-state index in [1.165, 1.54) is 24.3 Å². The lowest BCUT2D eigenvalue weighted by Crippen LogP contribution is -2.08. The van der Waals surface area contributed by atoms with E-state index >= 15 is 0 Å². The third kappa shape index (κ3) is 2.16. The number of hydrogen-bond donors (Lipinski definition) is 1. The molecule has 0 atom stereocenters. The summed E-state index contributed by atoms with van der Waals surface area (Å²) in [5.74, 6) is -0.503. The van der Waals surface area contributed by atoms with Crippen molar-refractivity contribution in [3.05, 3.63) is 23.6 Å². The van der Waals surface area contributed by atoms with E-state index in [9.17, 15) is 4.79 Å². The summed E-state index contributed by atoms with van der Waals surface area (Å²) in [4.78, 5) is 22.5. The van der Waals surface area contributed by atoms with E-state index in [0.717, 1.165) is 0 Å². The largest absolute Gasteiger partial charge is 0.463 e. The van der Waals surface area contributed by atoms with Gasteiger partial charge < -0.3 is 10.5 Å². The van der Waals surface area contributed by atoms with E-state index in [2.05, 4.69) is 24.8 Å². The van der Waals surface area contributed by atoms with Crippen LogP contribution in [-0.4, -0.2) is 37.8 Å². The lowest BCUT2D eigenvalue weighted by molar-refractivity contribution is 0.0587. The smallest absolute Gasteiger partial charge is 0.377 e. The maximum atomic E-state index is 11.2. The molecule has 2 aromatic rings. The SMILES string of the molecule is COC(=O)c1ncn(-c2nc(Cl)ncc2N)n1. The first kappa shape index (κ1) is 11.3. The molecule has 0 unspecified atom stereocenters. The van der Waals surface area contributed by atoms with Crippen LogP contribution in [0.4, 0.5) is 5.69 Å². The highest BCUT2D eigenvalue weighted by Gasteiger charge is 2.14. The van der Waals surface area contributed by atoms with Crippen LogP contribution in [0.1, 0.15) is 10.6 Å². The van der Waals surface area contributed by atoms with Gasteiger partial charge in [0.2, 0.25) is 5.28 Å². The third-order valence-corrected chi connectivity index (χ3v) is 2.03. The predicted molar refractivity (Wildman–Crippen MR) is 57.7 cm³/mol. The van der Waals surface area contributed by atoms with Crippen molar-refractivity contribution < 1.29 is 9.53 Å². The fraction of sp³-hybridized carbons (Fsp3) is 0.125. The molecule has 0 aliphatic rings. The minimum atomic E-state index is -0.650. The maximum Gasteiger partial charge on any atom is 0.377 e. The van der Waals surface area contributed by atoms with Crippen LogP contribution in [-0.2, 0) is 4.74 Å². The van der Waals surface area contributed by atoms with Gasteiger partial charge in [-0.25, -0.2) is 14.8 Å². The van der Waals surface area contributed by atoms with Gasteiger partial charge in [-0.15, -0.1) is 5.10 Å². The number of halogens is 1. The molecule has 0 saturated heterocycles. The van der Waals surface area contributed by atoms with Gasteiger partial charge in [-0.2, -0.15) is 9.67 Å². The molecule has 0 aliphatic carbocycles. The summed E-state index contributed by atoms with van der Waals surface area (Å²) in [6.45, 7) is 0. The van der Waals surface area contributed by atoms with Gasteiger partial charge in [0.1, 0.15) is 6.33 Å². The standard InChI is InChI=1S/C8H7ClN6O2/c1-17-7(16)5-12-3-15(14-5)6-4(10)2-11-8(9)13-6/h2-3H,10H2,1H3. The zero-order valence-corrected chi connectivity index (χ0v) is 9.42. The fourth-order valence-corrected chi connectivity index (χ4v) is 1.22. The number of methoxy groups -OCH3 is 1. The van der Waals surface area contributed by atoms with Crippen LogP contribution in [0.2, 0.25) is 5.28 Å². The molecule has 2 rings (SSSR count). The monoisotopic (exact) mass is 254 g/mol. The van der Waals surface area contributed by atoms with E-state index in [1.807, 2.05) is 0 Å². The summed E-state index contributed by atoms with van der Waals surface area (Å²) in [5.41, 5.74) is 5.91. The van der Waals surface area contributed by atoms with Crippen LogP contribution in [0, 0.1) is 0 Å². The summed E-state index contributed by atoms with van der Waals surface area (Å²) in [6, 6.07) is 0. The summed E-state index contributed by atoms with van der Waals surface area (Å²) in [5, 5.41) is 3.87. The van der Waals surface area contributed by atoms with Crippen LogP contribution in [0.5, 0.6) is 0 Å². The van der Waals surface area contributed by atoms with Gasteiger partial charge >= 0.3 is 5.97 Å². The Labute approximate surface area is 100 Å². The summed E-state index contributed by atoms with van der Waals surface area (Å²) < 4.78 is 5.69. The van der Waals surface area contributed by atoms with Crippen LogP contribution >= 0.6 is 11.6 Å². The quantitative estimate of drug-likeness (QED) is 0.597. The Morgan fingerprint density at radius 3 is 3.00 bits per heavy atom. The van der Waals surface area contributed by atoms with Crippen molar-refractivity contribution in [3.63, 3.8) is 0 Å². The molecule has 9 heteroatoms. The maximum absolute atomic E-state index is 11.2. The van der Waals surface area contributed by atoms with Crippen molar-refractivity contribution in [2.24, 2.45) is 0 Å². The normalized spacial score (nSPS) is 10.2. The second-order valence-corrected chi connectivity index (χ2v) is 3.26. The molecular formula is C8H7ClN6O2. The summed E-state index contributed by atoms with van der Waals surface area (Å²) in [7, 11) is 1.24. The Bertz CT molecular complexity index is 569. The number of ether oxygens (including phenoxy) is 1. The van der Waals surface area contributed by atoms with Crippen LogP contribution in [0.15, 0.2) is 12.5 Å². The molecule has 0 bridgehead atoms. The number of nitrogens with two attached hydrogens (primary N) is 1. The third-order valence-electron chi connectivity index (χ3n) is 1.84. The topological polar surface area (TPSA) is 109 Å². The average molecular weight is 255 g/mol. The number of aromatic nitrogens is 5. The number of anilines is 1. The van der Waals surface area contributed by atoms with Crippen molar-refractivity contribution in [3.8, 4) is 5.82 Å². The number of nitrogen functional groups attached to an aromatic ring is 1. The predicted octanol–water partition coefficient (Wildman–Crippen LogP) is 0.0795. The zero-order chi connectivity index (χ0) is 12.4. The van der Waals surface area contributed by atoms with E-state index in [0.29, 0.717) is 0 Å². The highest BCUT2D eigenvalue weighted by Crippen LogP contribution is 2.14. The van der Waals surface area contributed by atoms with Gasteiger partial charge in [0.25, 0.3) is 5.82 Å². The molecule has 0 aromatic carbocycles. The number of esters is 1. The Morgan fingerprint density at radius 1 is 1.53 bits per heavy atom. The Balaban J connectivity index is 2.43. The number of carbonyl (C=O) groups is 1. The lowest BCUT2D eigenvalue weighted by atomic mass is 10.5. The van der Waals surface area contributed by atoms with Gasteiger partial charge in [-0.3, -0.25) is 0 Å².